The highest BCUT2D eigenvalue weighted by Gasteiger charge is 2.24. The maximum absolute atomic E-state index is 11.7. The SMILES string of the molecule is CCOC(O)Cn1cc(C2CCNC(=O)C2)c2ccccc21. The highest BCUT2D eigenvalue weighted by molar-refractivity contribution is 5.86. The fourth-order valence-corrected chi connectivity index (χ4v) is 3.21. The van der Waals surface area contributed by atoms with Crippen molar-refractivity contribution in [3.05, 3.63) is 36.0 Å². The number of ether oxygens (including phenoxy) is 1. The third kappa shape index (κ3) is 3.00. The number of aromatic nitrogens is 1. The number of carbonyl (C=O) groups is 1. The summed E-state index contributed by atoms with van der Waals surface area (Å²) in [6.07, 6.45) is 2.73. The van der Waals surface area contributed by atoms with Crippen LogP contribution in [0.15, 0.2) is 30.5 Å². The Labute approximate surface area is 129 Å². The first-order valence-corrected chi connectivity index (χ1v) is 7.83. The maximum Gasteiger partial charge on any atom is 0.220 e. The Kier molecular flexibility index (Phi) is 4.45. The highest BCUT2D eigenvalue weighted by Crippen LogP contribution is 2.33. The molecule has 1 aromatic carbocycles. The number of benzene rings is 1. The van der Waals surface area contributed by atoms with E-state index in [0.717, 1.165) is 23.9 Å². The fourth-order valence-electron chi connectivity index (χ4n) is 3.21. The minimum Gasteiger partial charge on any atom is -0.366 e. The number of para-hydroxylation sites is 1. The predicted molar refractivity (Wildman–Crippen MR) is 84.6 cm³/mol. The van der Waals surface area contributed by atoms with Crippen LogP contribution in [0.3, 0.4) is 0 Å². The molecule has 118 valence electrons. The van der Waals surface area contributed by atoms with E-state index in [0.29, 0.717) is 19.6 Å². The third-order valence-electron chi connectivity index (χ3n) is 4.22. The molecule has 2 atom stereocenters. The lowest BCUT2D eigenvalue weighted by atomic mass is 9.90. The Bertz CT molecular complexity index is 665. The normalized spacial score (nSPS) is 20.1. The summed E-state index contributed by atoms with van der Waals surface area (Å²) in [5.41, 5.74) is 2.26. The van der Waals surface area contributed by atoms with Gasteiger partial charge in [-0.25, -0.2) is 0 Å². The number of aliphatic hydroxyl groups excluding tert-OH is 1. The number of fused-ring (bicyclic) bond motifs is 1. The molecule has 1 aliphatic rings. The van der Waals surface area contributed by atoms with Crippen LogP contribution in [-0.2, 0) is 16.1 Å². The molecule has 5 nitrogen and oxygen atoms in total. The van der Waals surface area contributed by atoms with Gasteiger partial charge in [0.1, 0.15) is 0 Å². The molecule has 1 fully saturated rings. The standard InChI is InChI=1S/C17H22N2O3/c1-2-22-17(21)11-19-10-14(12-7-8-18-16(20)9-12)13-5-3-4-6-15(13)19/h3-6,10,12,17,21H,2,7-9,11H2,1H3,(H,18,20). The van der Waals surface area contributed by atoms with Gasteiger partial charge in [0.2, 0.25) is 5.91 Å². The van der Waals surface area contributed by atoms with Crippen molar-refractivity contribution < 1.29 is 14.6 Å². The number of aliphatic hydroxyl groups is 1. The van der Waals surface area contributed by atoms with Gasteiger partial charge >= 0.3 is 0 Å². The quantitative estimate of drug-likeness (QED) is 0.830. The molecule has 0 radical (unpaired) electrons. The summed E-state index contributed by atoms with van der Waals surface area (Å²) in [6.45, 7) is 3.47. The van der Waals surface area contributed by atoms with Crippen molar-refractivity contribution in [2.75, 3.05) is 13.2 Å². The van der Waals surface area contributed by atoms with Gasteiger partial charge in [0, 0.05) is 36.7 Å². The molecule has 0 saturated carbocycles. The zero-order valence-corrected chi connectivity index (χ0v) is 12.8. The van der Waals surface area contributed by atoms with Crippen LogP contribution in [-0.4, -0.2) is 35.0 Å². The molecule has 5 heteroatoms. The van der Waals surface area contributed by atoms with Crippen LogP contribution < -0.4 is 5.32 Å². The molecule has 2 N–H and O–H groups in total. The summed E-state index contributed by atoms with van der Waals surface area (Å²) in [5.74, 6) is 0.353. The number of hydrogen-bond donors (Lipinski definition) is 2. The Morgan fingerprint density at radius 3 is 3.05 bits per heavy atom. The van der Waals surface area contributed by atoms with Crippen molar-refractivity contribution in [2.24, 2.45) is 0 Å². The van der Waals surface area contributed by atoms with Crippen LogP contribution in [0.25, 0.3) is 10.9 Å². The number of hydrogen-bond acceptors (Lipinski definition) is 3. The molecule has 1 aliphatic heterocycles. The topological polar surface area (TPSA) is 63.5 Å². The van der Waals surface area contributed by atoms with Crippen LogP contribution in [0, 0.1) is 0 Å². The van der Waals surface area contributed by atoms with E-state index in [9.17, 15) is 9.90 Å². The summed E-state index contributed by atoms with van der Waals surface area (Å²) in [6, 6.07) is 8.13. The molecule has 1 aromatic heterocycles. The van der Waals surface area contributed by atoms with E-state index >= 15 is 0 Å². The molecule has 0 bridgehead atoms. The molecular weight excluding hydrogens is 280 g/mol. The van der Waals surface area contributed by atoms with Gasteiger partial charge in [0.15, 0.2) is 6.29 Å². The number of nitrogens with zero attached hydrogens (tertiary/aromatic N) is 1. The first-order valence-electron chi connectivity index (χ1n) is 7.83. The number of carbonyl (C=O) groups excluding carboxylic acids is 1. The largest absolute Gasteiger partial charge is 0.366 e. The van der Waals surface area contributed by atoms with E-state index in [1.54, 1.807) is 0 Å². The zero-order chi connectivity index (χ0) is 15.5. The second kappa shape index (κ2) is 6.50. The van der Waals surface area contributed by atoms with Crippen molar-refractivity contribution in [2.45, 2.75) is 38.5 Å². The van der Waals surface area contributed by atoms with E-state index in [2.05, 4.69) is 17.6 Å². The first kappa shape index (κ1) is 15.1. The lowest BCUT2D eigenvalue weighted by Crippen LogP contribution is -2.32. The van der Waals surface area contributed by atoms with Crippen molar-refractivity contribution in [3.63, 3.8) is 0 Å². The van der Waals surface area contributed by atoms with Crippen molar-refractivity contribution in [3.8, 4) is 0 Å². The lowest BCUT2D eigenvalue weighted by molar-refractivity contribution is -0.122. The van der Waals surface area contributed by atoms with E-state index < -0.39 is 6.29 Å². The second-order valence-corrected chi connectivity index (χ2v) is 5.70. The molecule has 2 unspecified atom stereocenters. The van der Waals surface area contributed by atoms with E-state index in [4.69, 9.17) is 4.74 Å². The number of amides is 1. The Balaban J connectivity index is 1.95. The van der Waals surface area contributed by atoms with Crippen LogP contribution in [0.2, 0.25) is 0 Å². The monoisotopic (exact) mass is 302 g/mol. The van der Waals surface area contributed by atoms with Crippen molar-refractivity contribution in [1.29, 1.82) is 0 Å². The molecule has 1 saturated heterocycles. The van der Waals surface area contributed by atoms with Gasteiger partial charge in [0.25, 0.3) is 0 Å². The van der Waals surface area contributed by atoms with E-state index in [1.165, 1.54) is 5.56 Å². The molecule has 22 heavy (non-hydrogen) atoms. The van der Waals surface area contributed by atoms with Gasteiger partial charge in [-0.05, 0) is 30.9 Å². The maximum atomic E-state index is 11.7. The Morgan fingerprint density at radius 2 is 2.27 bits per heavy atom. The summed E-state index contributed by atoms with van der Waals surface area (Å²) < 4.78 is 7.26. The fraction of sp³-hybridized carbons (Fsp3) is 0.471. The van der Waals surface area contributed by atoms with Gasteiger partial charge in [0.05, 0.1) is 6.54 Å². The predicted octanol–water partition coefficient (Wildman–Crippen LogP) is 1.99. The molecular formula is C17H22N2O3. The van der Waals surface area contributed by atoms with Crippen LogP contribution >= 0.6 is 0 Å². The summed E-state index contributed by atoms with van der Waals surface area (Å²) in [7, 11) is 0. The highest BCUT2D eigenvalue weighted by atomic mass is 16.6. The average molecular weight is 302 g/mol. The molecule has 0 aliphatic carbocycles. The Morgan fingerprint density at radius 1 is 1.45 bits per heavy atom. The van der Waals surface area contributed by atoms with Crippen molar-refractivity contribution in [1.82, 2.24) is 9.88 Å². The van der Waals surface area contributed by atoms with Gasteiger partial charge < -0.3 is 19.7 Å². The smallest absolute Gasteiger partial charge is 0.220 e. The molecule has 3 rings (SSSR count). The number of nitrogens with one attached hydrogen (secondary N) is 1. The second-order valence-electron chi connectivity index (χ2n) is 5.70. The lowest BCUT2D eigenvalue weighted by Gasteiger charge is -2.21. The molecule has 0 spiro atoms. The average Bonchev–Trinajstić information content (AvgIpc) is 2.87. The minimum atomic E-state index is -0.816. The molecule has 2 heterocycles. The van der Waals surface area contributed by atoms with Crippen LogP contribution in [0.1, 0.15) is 31.2 Å². The van der Waals surface area contributed by atoms with Crippen molar-refractivity contribution >= 4 is 16.8 Å². The van der Waals surface area contributed by atoms with E-state index in [-0.39, 0.29) is 11.8 Å². The van der Waals surface area contributed by atoms with Gasteiger partial charge in [-0.2, -0.15) is 0 Å². The van der Waals surface area contributed by atoms with Gasteiger partial charge in [-0.15, -0.1) is 0 Å². The number of rotatable bonds is 5. The minimum absolute atomic E-state index is 0.113. The molecule has 1 amide bonds. The Hall–Kier alpha value is -1.85. The van der Waals surface area contributed by atoms with E-state index in [1.807, 2.05) is 29.7 Å². The zero-order valence-electron chi connectivity index (χ0n) is 12.8. The summed E-state index contributed by atoms with van der Waals surface area (Å²) in [4.78, 5) is 11.7. The third-order valence-corrected chi connectivity index (χ3v) is 4.22. The summed E-state index contributed by atoms with van der Waals surface area (Å²) >= 11 is 0. The van der Waals surface area contributed by atoms with Crippen LogP contribution in [0.4, 0.5) is 0 Å². The first-order chi connectivity index (χ1) is 10.7. The van der Waals surface area contributed by atoms with Gasteiger partial charge in [-0.3, -0.25) is 4.79 Å². The van der Waals surface area contributed by atoms with Crippen LogP contribution in [0.5, 0.6) is 0 Å². The molecule has 2 aromatic rings. The number of piperidine rings is 1. The van der Waals surface area contributed by atoms with Gasteiger partial charge in [-0.1, -0.05) is 18.2 Å². The summed E-state index contributed by atoms with van der Waals surface area (Å²) in [5, 5.41) is 14.0.